The number of aromatic nitrogens is 1. The van der Waals surface area contributed by atoms with Gasteiger partial charge in [0.05, 0.1) is 26.8 Å². The fourth-order valence-corrected chi connectivity index (χ4v) is 4.83. The van der Waals surface area contributed by atoms with Gasteiger partial charge in [0.2, 0.25) is 0 Å². The topological polar surface area (TPSA) is 87.4 Å². The third-order valence-corrected chi connectivity index (χ3v) is 7.25. The van der Waals surface area contributed by atoms with Gasteiger partial charge in [-0.05, 0) is 59.5 Å². The Morgan fingerprint density at radius 3 is 2.28 bits per heavy atom. The molecule has 210 valence electrons. The maximum atomic E-state index is 14.6. The minimum atomic E-state index is -6.30. The summed E-state index contributed by atoms with van der Waals surface area (Å²) in [5.74, 6) is -0.975. The molecule has 0 bridgehead atoms. The first-order chi connectivity index (χ1) is 18.0. The van der Waals surface area contributed by atoms with Gasteiger partial charge in [-0.3, -0.25) is 4.79 Å². The van der Waals surface area contributed by atoms with Crippen LogP contribution in [0.15, 0.2) is 39.9 Å². The van der Waals surface area contributed by atoms with Crippen LogP contribution in [0, 0.1) is 11.3 Å². The fourth-order valence-electron chi connectivity index (χ4n) is 4.05. The number of rotatable bonds is 7. The number of carbonyl (C=O) groups is 1. The smallest absolute Gasteiger partial charge is 0.404 e. The lowest BCUT2D eigenvalue weighted by Gasteiger charge is -2.30. The maximum absolute atomic E-state index is 14.6. The van der Waals surface area contributed by atoms with Crippen LogP contribution in [0.4, 0.5) is 36.6 Å². The summed E-state index contributed by atoms with van der Waals surface area (Å²) in [7, 11) is 0.797. The molecule has 1 aromatic carbocycles. The zero-order chi connectivity index (χ0) is 29.6. The summed E-state index contributed by atoms with van der Waals surface area (Å²) in [5, 5.41) is 9.58. The molecule has 0 saturated heterocycles. The van der Waals surface area contributed by atoms with E-state index in [1.54, 1.807) is 6.92 Å². The lowest BCUT2D eigenvalue weighted by atomic mass is 10.0. The molecule has 0 atom stereocenters. The number of hydrogen-bond donors (Lipinski definition) is 1. The molecule has 0 spiro atoms. The number of nitrogens with zero attached hydrogens (tertiary/aromatic N) is 4. The highest BCUT2D eigenvalue weighted by Crippen LogP contribution is 2.54. The Labute approximate surface area is 231 Å². The molecule has 1 fully saturated rings. The number of nitriles is 1. The molecule has 1 heterocycles. The SMILES string of the molecule is CCN(C(=O)c1cc(C(C=Nc2c(Br)cc(C(F)(C(F)(F)F)C(F)(F)F)n2C)=CN)ccc1Cl)C1(C#N)CC1. The average Bonchev–Trinajstić information content (AvgIpc) is 3.59. The molecule has 0 radical (unpaired) electrons. The van der Waals surface area contributed by atoms with Crippen molar-refractivity contribution in [2.24, 2.45) is 17.8 Å². The second kappa shape index (κ2) is 10.5. The molecule has 39 heavy (non-hydrogen) atoms. The van der Waals surface area contributed by atoms with E-state index in [1.165, 1.54) is 23.1 Å². The zero-order valence-electron chi connectivity index (χ0n) is 20.3. The van der Waals surface area contributed by atoms with Gasteiger partial charge in [0.15, 0.2) is 0 Å². The van der Waals surface area contributed by atoms with Crippen molar-refractivity contribution in [3.63, 3.8) is 0 Å². The Morgan fingerprint density at radius 2 is 1.82 bits per heavy atom. The number of nitrogens with two attached hydrogens (primary N) is 1. The highest BCUT2D eigenvalue weighted by Gasteiger charge is 2.74. The number of allylic oxidation sites excluding steroid dienone is 1. The predicted octanol–water partition coefficient (Wildman–Crippen LogP) is 6.95. The van der Waals surface area contributed by atoms with Gasteiger partial charge in [-0.2, -0.15) is 31.6 Å². The Balaban J connectivity index is 2.01. The van der Waals surface area contributed by atoms with E-state index < -0.39 is 41.0 Å². The summed E-state index contributed by atoms with van der Waals surface area (Å²) in [6.45, 7) is 1.95. The normalized spacial score (nSPS) is 15.9. The summed E-state index contributed by atoms with van der Waals surface area (Å²) in [5.41, 5.74) is -2.19. The molecular weight excluding hydrogens is 623 g/mol. The largest absolute Gasteiger partial charge is 0.437 e. The van der Waals surface area contributed by atoms with Gasteiger partial charge in [0.1, 0.15) is 11.4 Å². The lowest BCUT2D eigenvalue weighted by Crippen LogP contribution is -2.51. The second-order valence-corrected chi connectivity index (χ2v) is 9.94. The number of amides is 1. The third kappa shape index (κ3) is 5.26. The average molecular weight is 643 g/mol. The number of alkyl halides is 7. The summed E-state index contributed by atoms with van der Waals surface area (Å²) in [6.07, 6.45) is -9.52. The first-order valence-corrected chi connectivity index (χ1v) is 12.3. The minimum absolute atomic E-state index is 0.0465. The zero-order valence-corrected chi connectivity index (χ0v) is 22.6. The Bertz CT molecular complexity index is 1370. The van der Waals surface area contributed by atoms with Crippen molar-refractivity contribution in [3.8, 4) is 6.07 Å². The predicted molar refractivity (Wildman–Crippen MR) is 134 cm³/mol. The van der Waals surface area contributed by atoms with E-state index in [9.17, 15) is 40.8 Å². The van der Waals surface area contributed by atoms with Gasteiger partial charge in [-0.15, -0.1) is 0 Å². The van der Waals surface area contributed by atoms with Crippen LogP contribution >= 0.6 is 27.5 Å². The van der Waals surface area contributed by atoms with Crippen molar-refractivity contribution in [2.75, 3.05) is 6.54 Å². The van der Waals surface area contributed by atoms with E-state index in [0.717, 1.165) is 19.5 Å². The van der Waals surface area contributed by atoms with Crippen molar-refractivity contribution in [1.29, 1.82) is 5.26 Å². The molecule has 2 N–H and O–H groups in total. The van der Waals surface area contributed by atoms with E-state index in [-0.39, 0.29) is 32.7 Å². The van der Waals surface area contributed by atoms with Crippen LogP contribution in [-0.4, -0.2) is 46.0 Å². The summed E-state index contributed by atoms with van der Waals surface area (Å²) >= 11 is 9.08. The Hall–Kier alpha value is -3.05. The Morgan fingerprint density at radius 1 is 1.23 bits per heavy atom. The van der Waals surface area contributed by atoms with Crippen molar-refractivity contribution in [1.82, 2.24) is 9.47 Å². The molecule has 3 rings (SSSR count). The molecule has 0 unspecified atom stereocenters. The molecular formula is C24H20BrClF7N5O. The highest BCUT2D eigenvalue weighted by atomic mass is 79.9. The molecule has 15 heteroatoms. The summed E-state index contributed by atoms with van der Waals surface area (Å²) in [4.78, 5) is 18.5. The van der Waals surface area contributed by atoms with Crippen LogP contribution in [0.25, 0.3) is 5.57 Å². The number of aliphatic imine (C=N–C) groups is 1. The first kappa shape index (κ1) is 30.5. The van der Waals surface area contributed by atoms with E-state index in [2.05, 4.69) is 27.0 Å². The first-order valence-electron chi connectivity index (χ1n) is 11.2. The maximum Gasteiger partial charge on any atom is 0.437 e. The van der Waals surface area contributed by atoms with Crippen LogP contribution in [0.5, 0.6) is 0 Å². The van der Waals surface area contributed by atoms with Gasteiger partial charge in [-0.25, -0.2) is 9.38 Å². The van der Waals surface area contributed by atoms with Crippen molar-refractivity contribution in [3.05, 3.63) is 56.8 Å². The molecule has 1 aromatic heterocycles. The minimum Gasteiger partial charge on any atom is -0.404 e. The monoisotopic (exact) mass is 641 g/mol. The van der Waals surface area contributed by atoms with Crippen molar-refractivity contribution >= 4 is 51.0 Å². The van der Waals surface area contributed by atoms with Crippen LogP contribution < -0.4 is 5.73 Å². The lowest BCUT2D eigenvalue weighted by molar-refractivity contribution is -0.350. The van der Waals surface area contributed by atoms with Gasteiger partial charge in [0, 0.05) is 31.6 Å². The molecule has 6 nitrogen and oxygen atoms in total. The quantitative estimate of drug-likeness (QED) is 0.262. The third-order valence-electron chi connectivity index (χ3n) is 6.34. The van der Waals surface area contributed by atoms with E-state index >= 15 is 0 Å². The molecule has 2 aromatic rings. The molecule has 1 saturated carbocycles. The van der Waals surface area contributed by atoms with E-state index in [4.69, 9.17) is 17.3 Å². The summed E-state index contributed by atoms with van der Waals surface area (Å²) < 4.78 is 94.2. The fraction of sp³-hybridized carbons (Fsp3) is 0.375. The highest BCUT2D eigenvalue weighted by molar-refractivity contribution is 9.10. The number of carbonyl (C=O) groups excluding carboxylic acids is 1. The molecule has 1 aliphatic carbocycles. The molecule has 1 amide bonds. The summed E-state index contributed by atoms with van der Waals surface area (Å²) in [6, 6.07) is 6.71. The van der Waals surface area contributed by atoms with Crippen LogP contribution in [0.2, 0.25) is 5.02 Å². The van der Waals surface area contributed by atoms with Crippen LogP contribution in [0.3, 0.4) is 0 Å². The standard InChI is InChI=1S/C24H20BrClF7N5O/c1-3-38(21(12-35)6-7-21)20(39)15-8-13(4-5-17(15)26)14(10-34)11-36-19-16(25)9-18(37(19)2)22(27,23(28,29)30)24(31,32)33/h4-5,8-11H,3,6-7,34H2,1-2H3. The number of benzene rings is 1. The van der Waals surface area contributed by atoms with Crippen molar-refractivity contribution < 1.29 is 35.5 Å². The number of hydrogen-bond acceptors (Lipinski definition) is 4. The second-order valence-electron chi connectivity index (χ2n) is 8.68. The Kier molecular flexibility index (Phi) is 8.21. The molecule has 1 aliphatic rings. The van der Waals surface area contributed by atoms with Gasteiger partial charge in [-0.1, -0.05) is 17.7 Å². The van der Waals surface area contributed by atoms with Crippen LogP contribution in [-0.2, 0) is 12.7 Å². The van der Waals surface area contributed by atoms with Crippen molar-refractivity contribution in [2.45, 2.75) is 43.3 Å². The van der Waals surface area contributed by atoms with E-state index in [1.807, 2.05) is 0 Å². The van der Waals surface area contributed by atoms with E-state index in [0.29, 0.717) is 23.5 Å². The van der Waals surface area contributed by atoms with Crippen LogP contribution in [0.1, 0.15) is 41.4 Å². The van der Waals surface area contributed by atoms with Gasteiger partial charge in [0.25, 0.3) is 5.91 Å². The van der Waals surface area contributed by atoms with Gasteiger partial charge < -0.3 is 15.2 Å². The molecule has 0 aliphatic heterocycles. The number of halogens is 9. The van der Waals surface area contributed by atoms with Gasteiger partial charge >= 0.3 is 18.0 Å².